The molecule has 1 aromatic rings. The lowest BCUT2D eigenvalue weighted by Gasteiger charge is -2.29. The van der Waals surface area contributed by atoms with E-state index < -0.39 is 0 Å². The first kappa shape index (κ1) is 13.7. The third-order valence-electron chi connectivity index (χ3n) is 4.30. The summed E-state index contributed by atoms with van der Waals surface area (Å²) in [7, 11) is 0. The summed E-state index contributed by atoms with van der Waals surface area (Å²) >= 11 is 0. The molecule has 3 nitrogen and oxygen atoms in total. The predicted molar refractivity (Wildman–Crippen MR) is 81.5 cm³/mol. The summed E-state index contributed by atoms with van der Waals surface area (Å²) in [6, 6.07) is 6.35. The molecule has 20 heavy (non-hydrogen) atoms. The van der Waals surface area contributed by atoms with Gasteiger partial charge in [-0.2, -0.15) is 0 Å². The van der Waals surface area contributed by atoms with E-state index in [4.69, 9.17) is 9.47 Å². The number of hydrogen-bond donors (Lipinski definition) is 1. The first-order valence-corrected chi connectivity index (χ1v) is 7.60. The minimum atomic E-state index is -0.249. The Morgan fingerprint density at radius 2 is 2.05 bits per heavy atom. The van der Waals surface area contributed by atoms with Crippen molar-refractivity contribution in [3.8, 4) is 5.75 Å². The number of rotatable bonds is 2. The van der Waals surface area contributed by atoms with Gasteiger partial charge in [-0.1, -0.05) is 12.1 Å². The average Bonchev–Trinajstić information content (AvgIpc) is 2.57. The van der Waals surface area contributed by atoms with Crippen LogP contribution in [0, 0.1) is 0 Å². The van der Waals surface area contributed by atoms with Crippen molar-refractivity contribution >= 4 is 5.69 Å². The molecule has 1 unspecified atom stereocenters. The number of anilines is 1. The third-order valence-corrected chi connectivity index (χ3v) is 4.30. The highest BCUT2D eigenvalue weighted by Gasteiger charge is 2.47. The quantitative estimate of drug-likeness (QED) is 0.891. The molecular formula is C17H25NO2. The molecule has 0 bridgehead atoms. The van der Waals surface area contributed by atoms with Crippen molar-refractivity contribution in [2.24, 2.45) is 0 Å². The number of benzene rings is 1. The van der Waals surface area contributed by atoms with Crippen LogP contribution in [-0.4, -0.2) is 23.9 Å². The summed E-state index contributed by atoms with van der Waals surface area (Å²) in [6.45, 7) is 9.54. The monoisotopic (exact) mass is 275 g/mol. The molecule has 2 aliphatic rings. The van der Waals surface area contributed by atoms with E-state index >= 15 is 0 Å². The molecule has 3 rings (SSSR count). The number of aryl methyl sites for hydroxylation is 1. The van der Waals surface area contributed by atoms with Gasteiger partial charge in [-0.3, -0.25) is 0 Å². The zero-order chi connectivity index (χ0) is 14.4. The van der Waals surface area contributed by atoms with E-state index in [1.165, 1.54) is 17.7 Å². The van der Waals surface area contributed by atoms with Gasteiger partial charge >= 0.3 is 0 Å². The second kappa shape index (κ2) is 4.66. The van der Waals surface area contributed by atoms with Crippen LogP contribution in [0.3, 0.4) is 0 Å². The van der Waals surface area contributed by atoms with Gasteiger partial charge < -0.3 is 14.8 Å². The molecule has 110 valence electrons. The number of hydrogen-bond acceptors (Lipinski definition) is 3. The first-order chi connectivity index (χ1) is 9.37. The molecule has 1 N–H and O–H groups in total. The van der Waals surface area contributed by atoms with E-state index in [1.807, 2.05) is 0 Å². The molecule has 0 saturated carbocycles. The van der Waals surface area contributed by atoms with Crippen molar-refractivity contribution in [3.63, 3.8) is 0 Å². The molecule has 1 saturated heterocycles. The Morgan fingerprint density at radius 1 is 1.25 bits per heavy atom. The maximum atomic E-state index is 6.34. The number of ether oxygens (including phenoxy) is 2. The van der Waals surface area contributed by atoms with E-state index in [2.05, 4.69) is 51.2 Å². The average molecular weight is 275 g/mol. The molecule has 0 aromatic heterocycles. The van der Waals surface area contributed by atoms with Gasteiger partial charge in [-0.05, 0) is 52.2 Å². The largest absolute Gasteiger partial charge is 0.485 e. The molecule has 2 heterocycles. The Labute approximate surface area is 121 Å². The lowest BCUT2D eigenvalue weighted by Crippen LogP contribution is -2.37. The number of para-hydroxylation sites is 1. The van der Waals surface area contributed by atoms with E-state index in [0.29, 0.717) is 0 Å². The summed E-state index contributed by atoms with van der Waals surface area (Å²) in [6.07, 6.45) is 3.34. The highest BCUT2D eigenvalue weighted by molar-refractivity contribution is 5.63. The van der Waals surface area contributed by atoms with Crippen LogP contribution in [0.5, 0.6) is 5.75 Å². The highest BCUT2D eigenvalue weighted by atomic mass is 16.6. The van der Waals surface area contributed by atoms with Gasteiger partial charge in [0.1, 0.15) is 17.5 Å². The van der Waals surface area contributed by atoms with Crippen LogP contribution >= 0.6 is 0 Å². The van der Waals surface area contributed by atoms with Gasteiger partial charge in [0.15, 0.2) is 0 Å². The Balaban J connectivity index is 1.85. The summed E-state index contributed by atoms with van der Waals surface area (Å²) in [4.78, 5) is 0. The topological polar surface area (TPSA) is 30.5 Å². The molecule has 2 aliphatic heterocycles. The summed E-state index contributed by atoms with van der Waals surface area (Å²) in [5.41, 5.74) is 2.18. The molecule has 1 atom stereocenters. The number of fused-ring (bicyclic) bond motifs is 1. The van der Waals surface area contributed by atoms with Crippen molar-refractivity contribution in [2.75, 3.05) is 11.9 Å². The molecule has 0 radical (unpaired) electrons. The molecule has 3 heteroatoms. The van der Waals surface area contributed by atoms with E-state index in [-0.39, 0.29) is 17.3 Å². The van der Waals surface area contributed by atoms with Crippen LogP contribution in [-0.2, 0) is 11.2 Å². The fraction of sp³-hybridized carbons (Fsp3) is 0.647. The molecule has 1 aromatic carbocycles. The minimum absolute atomic E-state index is 0.0905. The van der Waals surface area contributed by atoms with Crippen LogP contribution in [0.4, 0.5) is 5.69 Å². The van der Waals surface area contributed by atoms with E-state index in [0.717, 1.165) is 25.1 Å². The summed E-state index contributed by atoms with van der Waals surface area (Å²) in [5, 5.41) is 3.49. The van der Waals surface area contributed by atoms with Crippen LogP contribution in [0.15, 0.2) is 18.2 Å². The van der Waals surface area contributed by atoms with Crippen LogP contribution in [0.1, 0.15) is 46.1 Å². The fourth-order valence-corrected chi connectivity index (χ4v) is 3.42. The maximum absolute atomic E-state index is 6.34. The summed E-state index contributed by atoms with van der Waals surface area (Å²) in [5.74, 6) is 0.974. The Hall–Kier alpha value is -1.22. The molecule has 0 amide bonds. The second-order valence-electron chi connectivity index (χ2n) is 7.10. The standard InChI is InChI=1S/C17H25NO2/c1-16(2)11-14(17(3,4)20-16)19-13-9-5-7-12-8-6-10-18-15(12)13/h5,7,9,14,18H,6,8,10-11H2,1-4H3. The normalized spacial score (nSPS) is 26.7. The smallest absolute Gasteiger partial charge is 0.143 e. The van der Waals surface area contributed by atoms with Gasteiger partial charge in [0.25, 0.3) is 0 Å². The van der Waals surface area contributed by atoms with Crippen molar-refractivity contribution in [1.29, 1.82) is 0 Å². The van der Waals surface area contributed by atoms with Crippen molar-refractivity contribution in [2.45, 2.75) is 64.3 Å². The molecule has 1 fully saturated rings. The van der Waals surface area contributed by atoms with Crippen LogP contribution in [0.25, 0.3) is 0 Å². The van der Waals surface area contributed by atoms with E-state index in [9.17, 15) is 0 Å². The van der Waals surface area contributed by atoms with Gasteiger partial charge in [-0.15, -0.1) is 0 Å². The zero-order valence-electron chi connectivity index (χ0n) is 13.0. The van der Waals surface area contributed by atoms with Crippen LogP contribution in [0.2, 0.25) is 0 Å². The third kappa shape index (κ3) is 2.51. The van der Waals surface area contributed by atoms with Crippen molar-refractivity contribution in [1.82, 2.24) is 0 Å². The van der Waals surface area contributed by atoms with Gasteiger partial charge in [0, 0.05) is 13.0 Å². The maximum Gasteiger partial charge on any atom is 0.143 e. The Morgan fingerprint density at radius 3 is 2.75 bits per heavy atom. The summed E-state index contributed by atoms with van der Waals surface area (Å²) < 4.78 is 12.5. The Kier molecular flexibility index (Phi) is 3.20. The predicted octanol–water partition coefficient (Wildman–Crippen LogP) is 3.77. The van der Waals surface area contributed by atoms with E-state index in [1.54, 1.807) is 0 Å². The minimum Gasteiger partial charge on any atom is -0.485 e. The number of nitrogens with one attached hydrogen (secondary N) is 1. The van der Waals surface area contributed by atoms with Crippen molar-refractivity contribution < 1.29 is 9.47 Å². The Bertz CT molecular complexity index is 508. The van der Waals surface area contributed by atoms with Crippen LogP contribution < -0.4 is 10.1 Å². The molecule has 0 aliphatic carbocycles. The fourth-order valence-electron chi connectivity index (χ4n) is 3.42. The zero-order valence-corrected chi connectivity index (χ0v) is 13.0. The van der Waals surface area contributed by atoms with Gasteiger partial charge in [0.2, 0.25) is 0 Å². The second-order valence-corrected chi connectivity index (χ2v) is 7.10. The van der Waals surface area contributed by atoms with Gasteiger partial charge in [0.05, 0.1) is 11.3 Å². The van der Waals surface area contributed by atoms with Gasteiger partial charge in [-0.25, -0.2) is 0 Å². The van der Waals surface area contributed by atoms with Crippen molar-refractivity contribution in [3.05, 3.63) is 23.8 Å². The highest BCUT2D eigenvalue weighted by Crippen LogP contribution is 2.41. The molecule has 0 spiro atoms. The first-order valence-electron chi connectivity index (χ1n) is 7.60. The lowest BCUT2D eigenvalue weighted by molar-refractivity contribution is -0.0845. The SMILES string of the molecule is CC1(C)CC(Oc2cccc3c2NCCC3)C(C)(C)O1. The lowest BCUT2D eigenvalue weighted by atomic mass is 9.96. The molecular weight excluding hydrogens is 250 g/mol.